The van der Waals surface area contributed by atoms with E-state index in [0.717, 1.165) is 17.9 Å². The zero-order valence-corrected chi connectivity index (χ0v) is 10.7. The molecule has 0 aromatic carbocycles. The van der Waals surface area contributed by atoms with Gasteiger partial charge in [-0.25, -0.2) is 4.98 Å². The van der Waals surface area contributed by atoms with Crippen LogP contribution in [0.4, 0.5) is 5.82 Å². The Morgan fingerprint density at radius 1 is 1.65 bits per heavy atom. The molecule has 1 heterocycles. The first-order valence-electron chi connectivity index (χ1n) is 5.73. The van der Waals surface area contributed by atoms with Crippen molar-refractivity contribution in [1.29, 1.82) is 0 Å². The van der Waals surface area contributed by atoms with E-state index in [0.29, 0.717) is 17.6 Å². The number of pyridine rings is 1. The van der Waals surface area contributed by atoms with Crippen LogP contribution in [0.2, 0.25) is 5.02 Å². The van der Waals surface area contributed by atoms with Gasteiger partial charge in [-0.15, -0.1) is 6.42 Å². The maximum Gasteiger partial charge on any atom is 0.129 e. The summed E-state index contributed by atoms with van der Waals surface area (Å²) in [4.78, 5) is 6.20. The zero-order valence-electron chi connectivity index (χ0n) is 9.91. The van der Waals surface area contributed by atoms with Gasteiger partial charge < -0.3 is 10.2 Å². The molecular weight excluding hydrogens is 234 g/mol. The highest BCUT2D eigenvalue weighted by molar-refractivity contribution is 6.31. The number of aromatic nitrogens is 1. The molecule has 0 radical (unpaired) electrons. The van der Waals surface area contributed by atoms with Crippen molar-refractivity contribution in [3.63, 3.8) is 0 Å². The van der Waals surface area contributed by atoms with Gasteiger partial charge in [-0.05, 0) is 24.5 Å². The Hall–Kier alpha value is -1.24. The Kier molecular flexibility index (Phi) is 3.88. The lowest BCUT2D eigenvalue weighted by Gasteiger charge is -2.16. The summed E-state index contributed by atoms with van der Waals surface area (Å²) in [6, 6.07) is 2.67. The number of anilines is 1. The fraction of sp³-hybridized carbons (Fsp3) is 0.462. The van der Waals surface area contributed by atoms with Gasteiger partial charge in [-0.1, -0.05) is 17.5 Å². The van der Waals surface area contributed by atoms with E-state index >= 15 is 0 Å². The van der Waals surface area contributed by atoms with Crippen molar-refractivity contribution in [2.45, 2.75) is 25.4 Å². The third-order valence-electron chi connectivity index (χ3n) is 2.80. The second-order valence-corrected chi connectivity index (χ2v) is 4.76. The predicted molar refractivity (Wildman–Crippen MR) is 71.2 cm³/mol. The second-order valence-electron chi connectivity index (χ2n) is 4.35. The number of rotatable bonds is 5. The van der Waals surface area contributed by atoms with Crippen molar-refractivity contribution in [3.05, 3.63) is 22.8 Å². The Bertz CT molecular complexity index is 435. The third-order valence-corrected chi connectivity index (χ3v) is 3.14. The number of hydrogen-bond donors (Lipinski definition) is 1. The monoisotopic (exact) mass is 249 g/mol. The standard InChI is InChI=1S/C13H16ClN3/c1-3-6-17(2)13-7-10(12(14)9-16-13)8-15-11-4-5-11/h1,7,9,11,15H,4-6,8H2,2H3. The SMILES string of the molecule is C#CCN(C)c1cc(CNC2CC2)c(Cl)cn1. The maximum absolute atomic E-state index is 6.12. The molecule has 2 rings (SSSR count). The number of hydrogen-bond acceptors (Lipinski definition) is 3. The highest BCUT2D eigenvalue weighted by Gasteiger charge is 2.20. The molecule has 4 heteroatoms. The van der Waals surface area contributed by atoms with Crippen molar-refractivity contribution in [2.75, 3.05) is 18.5 Å². The minimum Gasteiger partial charge on any atom is -0.349 e. The van der Waals surface area contributed by atoms with E-state index in [1.54, 1.807) is 6.20 Å². The van der Waals surface area contributed by atoms with Crippen LogP contribution in [0.15, 0.2) is 12.3 Å². The fourth-order valence-corrected chi connectivity index (χ4v) is 1.74. The van der Waals surface area contributed by atoms with Crippen LogP contribution in [0.5, 0.6) is 0 Å². The summed E-state index contributed by atoms with van der Waals surface area (Å²) in [6.45, 7) is 1.34. The van der Waals surface area contributed by atoms with Gasteiger partial charge in [0.15, 0.2) is 0 Å². The van der Waals surface area contributed by atoms with Crippen molar-refractivity contribution >= 4 is 17.4 Å². The van der Waals surface area contributed by atoms with Crippen molar-refractivity contribution in [3.8, 4) is 12.3 Å². The van der Waals surface area contributed by atoms with E-state index in [-0.39, 0.29) is 0 Å². The number of nitrogens with one attached hydrogen (secondary N) is 1. The molecule has 0 amide bonds. The average molecular weight is 250 g/mol. The summed E-state index contributed by atoms with van der Waals surface area (Å²) in [7, 11) is 1.92. The van der Waals surface area contributed by atoms with E-state index in [4.69, 9.17) is 18.0 Å². The first-order chi connectivity index (χ1) is 8.20. The summed E-state index contributed by atoms with van der Waals surface area (Å²) in [6.07, 6.45) is 9.51. The van der Waals surface area contributed by atoms with Crippen LogP contribution in [0.25, 0.3) is 0 Å². The normalized spacial score (nSPS) is 14.4. The fourth-order valence-electron chi connectivity index (χ4n) is 1.57. The van der Waals surface area contributed by atoms with Gasteiger partial charge in [-0.3, -0.25) is 0 Å². The quantitative estimate of drug-likeness (QED) is 0.810. The van der Waals surface area contributed by atoms with Gasteiger partial charge >= 0.3 is 0 Å². The highest BCUT2D eigenvalue weighted by atomic mass is 35.5. The topological polar surface area (TPSA) is 28.2 Å². The Morgan fingerprint density at radius 3 is 3.06 bits per heavy atom. The lowest BCUT2D eigenvalue weighted by Crippen LogP contribution is -2.20. The molecule has 1 N–H and O–H groups in total. The molecule has 1 saturated carbocycles. The van der Waals surface area contributed by atoms with E-state index in [1.807, 2.05) is 18.0 Å². The van der Waals surface area contributed by atoms with Crippen LogP contribution in [0.3, 0.4) is 0 Å². The van der Waals surface area contributed by atoms with Crippen LogP contribution < -0.4 is 10.2 Å². The molecule has 0 unspecified atom stereocenters. The summed E-state index contributed by atoms with van der Waals surface area (Å²) in [5, 5.41) is 4.15. The lowest BCUT2D eigenvalue weighted by atomic mass is 10.2. The van der Waals surface area contributed by atoms with Gasteiger partial charge in [0.25, 0.3) is 0 Å². The molecule has 1 aromatic rings. The average Bonchev–Trinajstić information content (AvgIpc) is 3.12. The lowest BCUT2D eigenvalue weighted by molar-refractivity contribution is 0.687. The molecule has 1 fully saturated rings. The largest absolute Gasteiger partial charge is 0.349 e. The van der Waals surface area contributed by atoms with Gasteiger partial charge in [0.1, 0.15) is 5.82 Å². The Labute approximate surface area is 107 Å². The van der Waals surface area contributed by atoms with Crippen LogP contribution in [0, 0.1) is 12.3 Å². The molecule has 1 aromatic heterocycles. The van der Waals surface area contributed by atoms with Crippen molar-refractivity contribution in [1.82, 2.24) is 10.3 Å². The number of halogens is 1. The van der Waals surface area contributed by atoms with Crippen molar-refractivity contribution < 1.29 is 0 Å². The Morgan fingerprint density at radius 2 is 2.41 bits per heavy atom. The van der Waals surface area contributed by atoms with Gasteiger partial charge in [-0.2, -0.15) is 0 Å². The van der Waals surface area contributed by atoms with Crippen LogP contribution in [0.1, 0.15) is 18.4 Å². The van der Waals surface area contributed by atoms with Crippen LogP contribution >= 0.6 is 11.6 Å². The van der Waals surface area contributed by atoms with Crippen LogP contribution in [-0.4, -0.2) is 24.6 Å². The molecular formula is C13H16ClN3. The van der Waals surface area contributed by atoms with Gasteiger partial charge in [0.05, 0.1) is 11.6 Å². The molecule has 17 heavy (non-hydrogen) atoms. The molecule has 0 atom stereocenters. The van der Waals surface area contributed by atoms with Gasteiger partial charge in [0, 0.05) is 25.8 Å². The smallest absolute Gasteiger partial charge is 0.129 e. The molecule has 1 aliphatic carbocycles. The first-order valence-corrected chi connectivity index (χ1v) is 6.11. The van der Waals surface area contributed by atoms with E-state index in [2.05, 4.69) is 16.2 Å². The van der Waals surface area contributed by atoms with Gasteiger partial charge in [0.2, 0.25) is 0 Å². The predicted octanol–water partition coefficient (Wildman–Crippen LogP) is 2.06. The molecule has 3 nitrogen and oxygen atoms in total. The minimum atomic E-state index is 0.546. The van der Waals surface area contributed by atoms with Crippen molar-refractivity contribution in [2.24, 2.45) is 0 Å². The number of nitrogens with zero attached hydrogens (tertiary/aromatic N) is 2. The second kappa shape index (κ2) is 5.39. The third kappa shape index (κ3) is 3.36. The molecule has 0 bridgehead atoms. The summed E-state index contributed by atoms with van der Waals surface area (Å²) < 4.78 is 0. The molecule has 0 aliphatic heterocycles. The first kappa shape index (κ1) is 12.2. The molecule has 0 saturated heterocycles. The minimum absolute atomic E-state index is 0.546. The molecule has 90 valence electrons. The number of terminal acetylenes is 1. The van der Waals surface area contributed by atoms with E-state index < -0.39 is 0 Å². The molecule has 0 spiro atoms. The summed E-state index contributed by atoms with van der Waals surface area (Å²) >= 11 is 6.12. The van der Waals surface area contributed by atoms with E-state index in [1.165, 1.54) is 12.8 Å². The van der Waals surface area contributed by atoms with Crippen LogP contribution in [-0.2, 0) is 6.54 Å². The maximum atomic E-state index is 6.12. The summed E-state index contributed by atoms with van der Waals surface area (Å²) in [5.41, 5.74) is 1.08. The summed E-state index contributed by atoms with van der Waals surface area (Å²) in [5.74, 6) is 3.46. The van der Waals surface area contributed by atoms with E-state index in [9.17, 15) is 0 Å². The molecule has 1 aliphatic rings. The zero-order chi connectivity index (χ0) is 12.3. The Balaban J connectivity index is 2.07. The highest BCUT2D eigenvalue weighted by Crippen LogP contribution is 2.23.